The van der Waals surface area contributed by atoms with Crippen molar-refractivity contribution in [3.05, 3.63) is 77.4 Å². The third-order valence-corrected chi connectivity index (χ3v) is 23.2. The molecule has 24 heteroatoms. The number of hydrogen-bond donors (Lipinski definition) is 3. The highest BCUT2D eigenvalue weighted by Crippen LogP contribution is 2.49. The molecule has 0 amide bonds. The number of carbonyl (C=O) groups is 3. The number of alkyl halides is 1. The molecule has 6 aliphatic heterocycles. The fourth-order valence-electron chi connectivity index (χ4n) is 15.7. The van der Waals surface area contributed by atoms with Crippen molar-refractivity contribution in [2.24, 2.45) is 51.3 Å². The van der Waals surface area contributed by atoms with Crippen molar-refractivity contribution in [2.75, 3.05) is 58.8 Å². The first-order valence-electron chi connectivity index (χ1n) is 31.7. The summed E-state index contributed by atoms with van der Waals surface area (Å²) in [4.78, 5) is 57.8. The molecular formula is C66H98F2N6O15S. The number of hydrogen-bond acceptors (Lipinski definition) is 21. The normalized spacial score (nSPS) is 39.2. The molecule has 6 heterocycles. The van der Waals surface area contributed by atoms with Gasteiger partial charge in [0, 0.05) is 101 Å². The largest absolute Gasteiger partial charge is 0.458 e. The molecule has 502 valence electrons. The van der Waals surface area contributed by atoms with E-state index in [9.17, 15) is 27.8 Å². The summed E-state index contributed by atoms with van der Waals surface area (Å²) in [6.45, 7) is 21.5. The molecule has 6 saturated heterocycles. The fourth-order valence-corrected chi connectivity index (χ4v) is 17.8. The summed E-state index contributed by atoms with van der Waals surface area (Å²) < 4.78 is 106. The van der Waals surface area contributed by atoms with Crippen LogP contribution in [0, 0.1) is 41.3 Å². The van der Waals surface area contributed by atoms with Crippen LogP contribution >= 0.6 is 0 Å². The van der Waals surface area contributed by atoms with E-state index in [0.717, 1.165) is 5.69 Å². The number of halogens is 2. The molecule has 2 bridgehead atoms. The van der Waals surface area contributed by atoms with E-state index in [-0.39, 0.29) is 48.5 Å². The van der Waals surface area contributed by atoms with Crippen molar-refractivity contribution in [1.29, 1.82) is 0 Å². The Morgan fingerprint density at radius 1 is 0.956 bits per heavy atom. The molecule has 0 radical (unpaired) electrons. The van der Waals surface area contributed by atoms with Crippen molar-refractivity contribution in [2.45, 2.75) is 209 Å². The van der Waals surface area contributed by atoms with Crippen molar-refractivity contribution >= 4 is 46.2 Å². The third-order valence-electron chi connectivity index (χ3n) is 21.0. The average molecular weight is 1290 g/mol. The van der Waals surface area contributed by atoms with Crippen LogP contribution in [-0.2, 0) is 62.1 Å². The number of carbonyl (C=O) groups excluding carboxylic acids is 3. The van der Waals surface area contributed by atoms with E-state index in [0.29, 0.717) is 42.8 Å². The summed E-state index contributed by atoms with van der Waals surface area (Å²) in [5.41, 5.74) is -1.73. The summed E-state index contributed by atoms with van der Waals surface area (Å²) in [6.07, 6.45) is -4.16. The second-order valence-electron chi connectivity index (χ2n) is 26.9. The first-order chi connectivity index (χ1) is 42.4. The fraction of sp³-hybridized carbons (Fsp3) is 0.712. The maximum Gasteiger partial charge on any atom is 0.332 e. The number of fused-ring (bicyclic) bond motifs is 3. The summed E-state index contributed by atoms with van der Waals surface area (Å²) in [6, 6.07) is 10.3. The molecule has 2 unspecified atom stereocenters. The number of nitrogens with zero attached hydrogens (tertiary/aromatic N) is 5. The van der Waals surface area contributed by atoms with Crippen LogP contribution in [-0.4, -0.2) is 208 Å². The van der Waals surface area contributed by atoms with Crippen molar-refractivity contribution in [1.82, 2.24) is 9.91 Å². The Labute approximate surface area is 530 Å². The Balaban J connectivity index is 1.07. The lowest BCUT2D eigenvalue weighted by Crippen LogP contribution is -2.62. The first kappa shape index (κ1) is 71.0. The maximum atomic E-state index is 15.3. The number of rotatable bonds is 20. The van der Waals surface area contributed by atoms with Gasteiger partial charge in [-0.1, -0.05) is 58.9 Å². The van der Waals surface area contributed by atoms with Gasteiger partial charge in [-0.15, -0.1) is 0 Å². The second kappa shape index (κ2) is 28.8. The van der Waals surface area contributed by atoms with Gasteiger partial charge in [0.05, 0.1) is 58.2 Å². The number of benzene rings is 2. The molecule has 23 atom stereocenters. The van der Waals surface area contributed by atoms with E-state index < -0.39 is 160 Å². The number of sulfone groups is 1. The van der Waals surface area contributed by atoms with Gasteiger partial charge < -0.3 is 62.9 Å². The minimum Gasteiger partial charge on any atom is -0.458 e. The highest BCUT2D eigenvalue weighted by Gasteiger charge is 2.62. The Morgan fingerprint density at radius 3 is 2.23 bits per heavy atom. The molecule has 21 nitrogen and oxygen atoms in total. The van der Waals surface area contributed by atoms with E-state index >= 15 is 14.0 Å². The summed E-state index contributed by atoms with van der Waals surface area (Å²) in [5, 5.41) is 25.0. The van der Waals surface area contributed by atoms with Gasteiger partial charge in [0.1, 0.15) is 48.7 Å². The molecule has 4 N–H and O–H groups in total. The number of nitrogens with two attached hydrogens (primary N) is 1. The van der Waals surface area contributed by atoms with Crippen molar-refractivity contribution in [3.63, 3.8) is 0 Å². The van der Waals surface area contributed by atoms with Crippen LogP contribution in [0.5, 0.6) is 0 Å². The van der Waals surface area contributed by atoms with Crippen molar-refractivity contribution < 1.29 is 79.7 Å². The zero-order chi connectivity index (χ0) is 66.1. The number of aliphatic imine (C=N–C) groups is 2. The molecule has 6 fully saturated rings. The number of ketones is 1. The van der Waals surface area contributed by atoms with Gasteiger partial charge in [0.15, 0.2) is 27.8 Å². The zero-order valence-corrected chi connectivity index (χ0v) is 55.6. The standard InChI is InChI=1S/C66H98F2N6O15S/c1-16-52-66(10)54(55(62(79)89-66)71-32-42-18-17-19-44(68)27-42)40(6)56(75)36(2)29-65(9,84-15)60(38(4)53(39(5)61(78)87-52)51-30-64(8,83-14)59(77)41(7)86-51)88-63-57(76)49(26-37(3)85-63)72(12)25-24-45(70-11)33-74(69)50(31-67)58(82-13)43-20-22-46(23-21-43)73-34-48-28-47(73)35-90(48,80)81/h17-23,27,32-33,36-41,47-55,57-60,63,76-77H,11,16,24-26,28-31,34-35,69H2,1-10,12-15H3/b45-33-,71-32-/t36-,37-,38+,39-,40-,41+,47-,48-,49+,50-,51-,52-,53?,54+,55?,57-,58-,59+,60-,63+,64-,65-,66-/m1/s1. The average Bonchev–Trinajstić information content (AvgIpc) is 1.45. The van der Waals surface area contributed by atoms with E-state index in [2.05, 4.69) is 21.6 Å². The van der Waals surface area contributed by atoms with E-state index in [1.807, 2.05) is 57.0 Å². The number of ether oxygens (including phenoxy) is 8. The molecule has 8 rings (SSSR count). The molecule has 90 heavy (non-hydrogen) atoms. The Hall–Kier alpha value is -4.86. The quantitative estimate of drug-likeness (QED) is 0.0536. The van der Waals surface area contributed by atoms with Crippen LogP contribution in [0.15, 0.2) is 70.4 Å². The number of Topliss-reactive ketones (excluding diaryl/α,β-unsaturated/α-hetero) is 1. The number of aliphatic hydroxyl groups is 2. The van der Waals surface area contributed by atoms with Crippen molar-refractivity contribution in [3.8, 4) is 0 Å². The van der Waals surface area contributed by atoms with Gasteiger partial charge >= 0.3 is 11.9 Å². The lowest BCUT2D eigenvalue weighted by molar-refractivity contribution is -0.305. The van der Waals surface area contributed by atoms with Gasteiger partial charge in [-0.05, 0) is 115 Å². The molecule has 2 aromatic rings. The number of cyclic esters (lactones) is 1. The number of aliphatic hydroxyl groups excluding tert-OH is 2. The Morgan fingerprint density at radius 2 is 1.64 bits per heavy atom. The summed E-state index contributed by atoms with van der Waals surface area (Å²) in [7, 11) is 3.28. The molecule has 0 aliphatic carbocycles. The van der Waals surface area contributed by atoms with Gasteiger partial charge in [0.2, 0.25) is 0 Å². The highest BCUT2D eigenvalue weighted by molar-refractivity contribution is 7.92. The molecule has 6 aliphatic rings. The number of anilines is 1. The summed E-state index contributed by atoms with van der Waals surface area (Å²) in [5.74, 6) is -0.638. The van der Waals surface area contributed by atoms with Gasteiger partial charge in [-0.3, -0.25) is 19.6 Å². The Kier molecular flexibility index (Phi) is 22.7. The smallest absolute Gasteiger partial charge is 0.332 e. The number of likely N-dealkylation sites (N-methyl/N-ethyl adjacent to an activating group) is 1. The number of methoxy groups -OCH3 is 3. The first-order valence-corrected chi connectivity index (χ1v) is 33.4. The predicted molar refractivity (Wildman–Crippen MR) is 335 cm³/mol. The monoisotopic (exact) mass is 1280 g/mol. The van der Waals surface area contributed by atoms with E-state index in [4.69, 9.17) is 43.7 Å². The third kappa shape index (κ3) is 14.4. The predicted octanol–water partition coefficient (Wildman–Crippen LogP) is 6.74. The van der Waals surface area contributed by atoms with Crippen LogP contribution in [0.4, 0.5) is 14.5 Å². The van der Waals surface area contributed by atoms with Gasteiger partial charge in [-0.2, -0.15) is 0 Å². The summed E-state index contributed by atoms with van der Waals surface area (Å²) >= 11 is 0. The zero-order valence-electron chi connectivity index (χ0n) is 54.8. The highest BCUT2D eigenvalue weighted by atomic mass is 32.2. The topological polar surface area (TPSA) is 260 Å². The van der Waals surface area contributed by atoms with Crippen LogP contribution in [0.1, 0.15) is 125 Å². The minimum absolute atomic E-state index is 0.0376. The minimum atomic E-state index is -3.07. The lowest BCUT2D eigenvalue weighted by atomic mass is 9.66. The molecule has 0 aromatic heterocycles. The molecular weight excluding hydrogens is 1190 g/mol. The number of esters is 2. The Bertz CT molecular complexity index is 3020. The van der Waals surface area contributed by atoms with E-state index in [1.54, 1.807) is 54.5 Å². The van der Waals surface area contributed by atoms with Crippen LogP contribution in [0.25, 0.3) is 0 Å². The molecule has 0 saturated carbocycles. The van der Waals surface area contributed by atoms with Gasteiger partial charge in [-0.25, -0.2) is 27.8 Å². The van der Waals surface area contributed by atoms with Gasteiger partial charge in [0.25, 0.3) is 0 Å². The van der Waals surface area contributed by atoms with E-state index in [1.165, 1.54) is 57.0 Å². The number of hydrazine groups is 1. The van der Waals surface area contributed by atoms with Crippen LogP contribution in [0.2, 0.25) is 0 Å². The maximum absolute atomic E-state index is 15.3. The molecule has 0 spiro atoms. The lowest BCUT2D eigenvalue weighted by Gasteiger charge is -2.52. The SMILES string of the molecule is C=N/C(=C\N(N)[C@H](CF)[C@H](OC)c1ccc(N2C[C@H]3C[C@@H]2CS3(=O)=O)cc1)CCN(C)[C@H]1C[C@@H](C)O[C@@H](O[C@@H]2[C@@H](C)C([C@H]3C[C@@](C)(OC)[C@@H](O)[C@H](C)O3)[C@@H](C)C(=O)O[C@H](CC)[C@@]3(C)OC(=O)C(/N=C\c4cccc(F)c4)[C@@H]3[C@@H](C)C(=O)[C@H](C)C[C@@]2(C)OC)[C@@H]1O. The van der Waals surface area contributed by atoms with Crippen LogP contribution < -0.4 is 10.7 Å². The molecule has 2 aromatic carbocycles. The van der Waals surface area contributed by atoms with Crippen LogP contribution in [0.3, 0.4) is 0 Å². The second-order valence-corrected chi connectivity index (χ2v) is 29.2.